The van der Waals surface area contributed by atoms with Crippen LogP contribution in [-0.4, -0.2) is 43.0 Å². The number of hydrogen-bond donors (Lipinski definition) is 1. The first-order valence-electron chi connectivity index (χ1n) is 6.65. The maximum absolute atomic E-state index is 13.7. The van der Waals surface area contributed by atoms with Crippen molar-refractivity contribution in [3.63, 3.8) is 0 Å². The average Bonchev–Trinajstić information content (AvgIpc) is 2.42. The Bertz CT molecular complexity index is 659. The van der Waals surface area contributed by atoms with Crippen molar-refractivity contribution in [2.45, 2.75) is 6.42 Å². The summed E-state index contributed by atoms with van der Waals surface area (Å²) in [4.78, 5) is 18.0. The molecule has 0 saturated carbocycles. The van der Waals surface area contributed by atoms with Crippen molar-refractivity contribution in [1.29, 1.82) is 0 Å². The molecular weight excluding hydrogens is 276 g/mol. The molecule has 1 aromatic heterocycles. The van der Waals surface area contributed by atoms with Crippen molar-refractivity contribution in [3.8, 4) is 0 Å². The number of hydrogen-bond acceptors (Lipinski definition) is 3. The molecule has 2 rings (SSSR count). The molecule has 0 atom stereocenters. The fraction of sp³-hybridized carbons (Fsp3) is 0.333. The van der Waals surface area contributed by atoms with Crippen molar-refractivity contribution in [1.82, 2.24) is 15.2 Å². The average molecular weight is 293 g/mol. The Hall–Kier alpha value is -2.08. The number of nitrogens with zero attached hydrogens (tertiary/aromatic N) is 2. The topological polar surface area (TPSA) is 45.2 Å². The van der Waals surface area contributed by atoms with E-state index in [9.17, 15) is 13.6 Å². The summed E-state index contributed by atoms with van der Waals surface area (Å²) >= 11 is 0. The second-order valence-electron chi connectivity index (χ2n) is 5.06. The number of fused-ring (bicyclic) bond motifs is 1. The Morgan fingerprint density at radius 1 is 1.29 bits per heavy atom. The molecular formula is C15H17F2N3O. The highest BCUT2D eigenvalue weighted by Gasteiger charge is 2.14. The lowest BCUT2D eigenvalue weighted by Crippen LogP contribution is -2.28. The Labute approximate surface area is 121 Å². The number of carbonyl (C=O) groups excluding carboxylic acids is 1. The fourth-order valence-corrected chi connectivity index (χ4v) is 2.07. The molecule has 0 unspecified atom stereocenters. The van der Waals surface area contributed by atoms with E-state index in [-0.39, 0.29) is 16.5 Å². The molecule has 0 spiro atoms. The SMILES string of the molecule is CN(C)CCCNC(=O)c1nccc2c(F)cc(F)cc12. The van der Waals surface area contributed by atoms with E-state index in [1.54, 1.807) is 0 Å². The number of aromatic nitrogens is 1. The molecule has 6 heteroatoms. The van der Waals surface area contributed by atoms with Crippen LogP contribution >= 0.6 is 0 Å². The summed E-state index contributed by atoms with van der Waals surface area (Å²) in [6, 6.07) is 3.34. The number of pyridine rings is 1. The van der Waals surface area contributed by atoms with Gasteiger partial charge in [0, 0.05) is 29.6 Å². The molecule has 0 bridgehead atoms. The van der Waals surface area contributed by atoms with Crippen LogP contribution < -0.4 is 5.32 Å². The van der Waals surface area contributed by atoms with Crippen LogP contribution in [-0.2, 0) is 0 Å². The molecule has 4 nitrogen and oxygen atoms in total. The lowest BCUT2D eigenvalue weighted by molar-refractivity contribution is 0.0949. The van der Waals surface area contributed by atoms with Gasteiger partial charge in [0.2, 0.25) is 0 Å². The van der Waals surface area contributed by atoms with Gasteiger partial charge in [-0.05, 0) is 39.2 Å². The Balaban J connectivity index is 2.19. The van der Waals surface area contributed by atoms with Crippen LogP contribution in [0.15, 0.2) is 24.4 Å². The van der Waals surface area contributed by atoms with Gasteiger partial charge >= 0.3 is 0 Å². The normalized spacial score (nSPS) is 11.1. The van der Waals surface area contributed by atoms with Crippen LogP contribution in [0.3, 0.4) is 0 Å². The van der Waals surface area contributed by atoms with Crippen LogP contribution in [0.25, 0.3) is 10.8 Å². The predicted octanol–water partition coefficient (Wildman–Crippen LogP) is 2.19. The molecule has 1 aromatic carbocycles. The molecule has 1 amide bonds. The van der Waals surface area contributed by atoms with E-state index in [1.165, 1.54) is 12.3 Å². The van der Waals surface area contributed by atoms with Crippen molar-refractivity contribution in [2.75, 3.05) is 27.2 Å². The molecule has 1 heterocycles. The Morgan fingerprint density at radius 3 is 2.76 bits per heavy atom. The minimum absolute atomic E-state index is 0.0377. The molecule has 1 N–H and O–H groups in total. The Kier molecular flexibility index (Phi) is 4.80. The van der Waals surface area contributed by atoms with Gasteiger partial charge < -0.3 is 10.2 Å². The first-order chi connectivity index (χ1) is 9.99. The number of rotatable bonds is 5. The Morgan fingerprint density at radius 2 is 2.05 bits per heavy atom. The number of halogens is 2. The van der Waals surface area contributed by atoms with Gasteiger partial charge in [0.05, 0.1) is 0 Å². The first kappa shape index (κ1) is 15.3. The van der Waals surface area contributed by atoms with E-state index in [4.69, 9.17) is 0 Å². The largest absolute Gasteiger partial charge is 0.351 e. The third-order valence-corrected chi connectivity index (χ3v) is 3.08. The summed E-state index contributed by atoms with van der Waals surface area (Å²) < 4.78 is 27.0. The van der Waals surface area contributed by atoms with Crippen molar-refractivity contribution in [3.05, 3.63) is 41.7 Å². The highest BCUT2D eigenvalue weighted by Crippen LogP contribution is 2.21. The summed E-state index contributed by atoms with van der Waals surface area (Å²) in [7, 11) is 3.89. The standard InChI is InChI=1S/C15H17F2N3O/c1-20(2)7-3-5-19-15(21)14-12-8-10(16)9-13(17)11(12)4-6-18-14/h4,6,8-9H,3,5,7H2,1-2H3,(H,19,21). The van der Waals surface area contributed by atoms with Crippen molar-refractivity contribution in [2.24, 2.45) is 0 Å². The fourth-order valence-electron chi connectivity index (χ4n) is 2.07. The molecule has 0 radical (unpaired) electrons. The van der Waals surface area contributed by atoms with Gasteiger partial charge in [-0.3, -0.25) is 9.78 Å². The highest BCUT2D eigenvalue weighted by molar-refractivity contribution is 6.05. The maximum atomic E-state index is 13.7. The van der Waals surface area contributed by atoms with E-state index in [2.05, 4.69) is 10.3 Å². The van der Waals surface area contributed by atoms with Crippen molar-refractivity contribution < 1.29 is 13.6 Å². The summed E-state index contributed by atoms with van der Waals surface area (Å²) in [5, 5.41) is 3.08. The zero-order valence-electron chi connectivity index (χ0n) is 12.0. The van der Waals surface area contributed by atoms with E-state index in [0.29, 0.717) is 6.54 Å². The van der Waals surface area contributed by atoms with Gasteiger partial charge in [-0.25, -0.2) is 8.78 Å². The van der Waals surface area contributed by atoms with Gasteiger partial charge in [0.15, 0.2) is 0 Å². The van der Waals surface area contributed by atoms with Crippen LogP contribution in [0, 0.1) is 11.6 Å². The van der Waals surface area contributed by atoms with E-state index in [0.717, 1.165) is 25.1 Å². The minimum atomic E-state index is -0.727. The van der Waals surface area contributed by atoms with Gasteiger partial charge in [-0.15, -0.1) is 0 Å². The molecule has 0 aliphatic carbocycles. The van der Waals surface area contributed by atoms with Crippen LogP contribution in [0.5, 0.6) is 0 Å². The molecule has 0 aliphatic heterocycles. The summed E-state index contributed by atoms with van der Waals surface area (Å²) in [6.45, 7) is 1.32. The highest BCUT2D eigenvalue weighted by atomic mass is 19.1. The summed E-state index contributed by atoms with van der Waals surface area (Å²) in [5.74, 6) is -1.85. The molecule has 21 heavy (non-hydrogen) atoms. The number of amides is 1. The van der Waals surface area contributed by atoms with Gasteiger partial charge in [-0.1, -0.05) is 0 Å². The van der Waals surface area contributed by atoms with E-state index in [1.807, 2.05) is 19.0 Å². The molecule has 0 saturated heterocycles. The number of benzene rings is 1. The lowest BCUT2D eigenvalue weighted by atomic mass is 10.1. The van der Waals surface area contributed by atoms with Gasteiger partial charge in [-0.2, -0.15) is 0 Å². The monoisotopic (exact) mass is 293 g/mol. The van der Waals surface area contributed by atoms with Gasteiger partial charge in [0.1, 0.15) is 17.3 Å². The van der Waals surface area contributed by atoms with Crippen LogP contribution in [0.1, 0.15) is 16.9 Å². The first-order valence-corrected chi connectivity index (χ1v) is 6.65. The second kappa shape index (κ2) is 6.58. The zero-order chi connectivity index (χ0) is 15.4. The molecule has 2 aromatic rings. The third-order valence-electron chi connectivity index (χ3n) is 3.08. The summed E-state index contributed by atoms with van der Waals surface area (Å²) in [5.41, 5.74) is 0.0377. The molecule has 0 fully saturated rings. The second-order valence-corrected chi connectivity index (χ2v) is 5.06. The molecule has 112 valence electrons. The summed E-state index contributed by atoms with van der Waals surface area (Å²) in [6.07, 6.45) is 2.13. The number of carbonyl (C=O) groups is 1. The van der Waals surface area contributed by atoms with E-state index >= 15 is 0 Å². The maximum Gasteiger partial charge on any atom is 0.270 e. The minimum Gasteiger partial charge on any atom is -0.351 e. The third kappa shape index (κ3) is 3.72. The zero-order valence-corrected chi connectivity index (χ0v) is 12.0. The quantitative estimate of drug-likeness (QED) is 0.860. The van der Waals surface area contributed by atoms with E-state index < -0.39 is 17.5 Å². The van der Waals surface area contributed by atoms with Gasteiger partial charge in [0.25, 0.3) is 5.91 Å². The van der Waals surface area contributed by atoms with Crippen LogP contribution in [0.4, 0.5) is 8.78 Å². The predicted molar refractivity (Wildman–Crippen MR) is 77.2 cm³/mol. The van der Waals surface area contributed by atoms with Crippen LogP contribution in [0.2, 0.25) is 0 Å². The van der Waals surface area contributed by atoms with Crippen molar-refractivity contribution >= 4 is 16.7 Å². The lowest BCUT2D eigenvalue weighted by Gasteiger charge is -2.10. The molecule has 0 aliphatic rings. The number of nitrogens with one attached hydrogen (secondary N) is 1. The smallest absolute Gasteiger partial charge is 0.270 e.